The predicted octanol–water partition coefficient (Wildman–Crippen LogP) is 2.90. The first-order valence-electron chi connectivity index (χ1n) is 7.24. The number of amides is 1. The number of rotatable bonds is 3. The lowest BCUT2D eigenvalue weighted by Crippen LogP contribution is -2.42. The summed E-state index contributed by atoms with van der Waals surface area (Å²) in [7, 11) is 0. The van der Waals surface area contributed by atoms with Crippen molar-refractivity contribution >= 4 is 17.7 Å². The van der Waals surface area contributed by atoms with Crippen molar-refractivity contribution in [2.45, 2.75) is 26.3 Å². The van der Waals surface area contributed by atoms with Gasteiger partial charge in [-0.2, -0.15) is 0 Å². The number of nitrogens with zero attached hydrogens (tertiary/aromatic N) is 1. The molecule has 0 fully saturated rings. The summed E-state index contributed by atoms with van der Waals surface area (Å²) in [5.41, 5.74) is 0.0421. The Labute approximate surface area is 134 Å². The summed E-state index contributed by atoms with van der Waals surface area (Å²) in [6, 6.07) is 10.4. The Morgan fingerprint density at radius 3 is 2.35 bits per heavy atom. The Morgan fingerprint density at radius 2 is 1.78 bits per heavy atom. The van der Waals surface area contributed by atoms with Crippen LogP contribution in [0.2, 0.25) is 0 Å². The van der Waals surface area contributed by atoms with Crippen LogP contribution in [0, 0.1) is 5.82 Å². The number of hydrogen-bond donors (Lipinski definition) is 1. The maximum Gasteiger partial charge on any atom is 0.268 e. The van der Waals surface area contributed by atoms with Crippen LogP contribution in [0.1, 0.15) is 26.3 Å². The Balaban J connectivity index is 2.51. The Morgan fingerprint density at radius 1 is 1.13 bits per heavy atom. The minimum absolute atomic E-state index is 0.178. The molecule has 0 radical (unpaired) electrons. The summed E-state index contributed by atoms with van der Waals surface area (Å²) in [6.07, 6.45) is 3.09. The smallest absolute Gasteiger partial charge is 0.268 e. The van der Waals surface area contributed by atoms with E-state index >= 15 is 0 Å². The molecule has 0 saturated heterocycles. The van der Waals surface area contributed by atoms with Crippen LogP contribution in [-0.2, 0) is 4.79 Å². The summed E-state index contributed by atoms with van der Waals surface area (Å²) < 4.78 is 14.3. The van der Waals surface area contributed by atoms with Gasteiger partial charge in [-0.15, -0.1) is 0 Å². The van der Waals surface area contributed by atoms with Crippen LogP contribution in [0.15, 0.2) is 53.5 Å². The molecule has 0 aliphatic heterocycles. The molecular formula is C18H19FN2O2. The zero-order chi connectivity index (χ0) is 17.0. The molecule has 1 N–H and O–H groups in total. The van der Waals surface area contributed by atoms with Gasteiger partial charge in [0.15, 0.2) is 0 Å². The minimum Gasteiger partial charge on any atom is -0.346 e. The lowest BCUT2D eigenvalue weighted by atomic mass is 10.1. The average Bonchev–Trinajstić information content (AvgIpc) is 2.46. The van der Waals surface area contributed by atoms with Crippen LogP contribution in [-0.4, -0.2) is 16.0 Å². The fourth-order valence-corrected chi connectivity index (χ4v) is 1.99. The number of nitrogens with one attached hydrogen (secondary N) is 1. The molecule has 0 bridgehead atoms. The Hall–Kier alpha value is -2.69. The molecule has 1 amide bonds. The molecule has 0 spiro atoms. The number of halogens is 1. The topological polar surface area (TPSA) is 51.1 Å². The van der Waals surface area contributed by atoms with Crippen molar-refractivity contribution in [3.05, 3.63) is 70.4 Å². The van der Waals surface area contributed by atoms with Crippen LogP contribution >= 0.6 is 0 Å². The monoisotopic (exact) mass is 314 g/mol. The molecule has 0 atom stereocenters. The summed E-state index contributed by atoms with van der Waals surface area (Å²) in [5, 5.41) is 2.84. The lowest BCUT2D eigenvalue weighted by molar-refractivity contribution is -0.117. The van der Waals surface area contributed by atoms with E-state index in [4.69, 9.17) is 0 Å². The van der Waals surface area contributed by atoms with Gasteiger partial charge in [-0.25, -0.2) is 4.39 Å². The molecule has 2 rings (SSSR count). The summed E-state index contributed by atoms with van der Waals surface area (Å²) >= 11 is 0. The van der Waals surface area contributed by atoms with Crippen molar-refractivity contribution in [2.24, 2.45) is 0 Å². The normalized spacial score (nSPS) is 12.1. The minimum atomic E-state index is -0.447. The molecule has 4 nitrogen and oxygen atoms in total. The zero-order valence-electron chi connectivity index (χ0n) is 13.3. The van der Waals surface area contributed by atoms with E-state index in [1.807, 2.05) is 20.8 Å². The summed E-state index contributed by atoms with van der Waals surface area (Å²) in [5.74, 6) is -0.741. The second-order valence-corrected chi connectivity index (χ2v) is 6.19. The third-order valence-corrected chi connectivity index (χ3v) is 2.98. The first-order chi connectivity index (χ1) is 10.8. The highest BCUT2D eigenvalue weighted by atomic mass is 19.1. The van der Waals surface area contributed by atoms with Crippen molar-refractivity contribution < 1.29 is 9.18 Å². The first-order valence-corrected chi connectivity index (χ1v) is 7.24. The molecule has 0 saturated carbocycles. The van der Waals surface area contributed by atoms with Crippen LogP contribution < -0.4 is 10.9 Å². The Bertz CT molecular complexity index is 784. The van der Waals surface area contributed by atoms with Crippen molar-refractivity contribution in [3.8, 4) is 0 Å². The van der Waals surface area contributed by atoms with Gasteiger partial charge in [-0.1, -0.05) is 18.2 Å². The van der Waals surface area contributed by atoms with E-state index in [9.17, 15) is 14.0 Å². The molecule has 2 aromatic rings. The van der Waals surface area contributed by atoms with Crippen molar-refractivity contribution in [2.75, 3.05) is 0 Å². The first kappa shape index (κ1) is 16.7. The fourth-order valence-electron chi connectivity index (χ4n) is 1.99. The maximum absolute atomic E-state index is 13.0. The number of benzene rings is 1. The van der Waals surface area contributed by atoms with Gasteiger partial charge in [0.2, 0.25) is 0 Å². The van der Waals surface area contributed by atoms with Gasteiger partial charge in [-0.3, -0.25) is 14.2 Å². The van der Waals surface area contributed by atoms with Crippen LogP contribution in [0.5, 0.6) is 0 Å². The highest BCUT2D eigenvalue weighted by molar-refractivity contribution is 6.18. The number of carbonyl (C=O) groups is 1. The van der Waals surface area contributed by atoms with Crippen LogP contribution in [0.4, 0.5) is 4.39 Å². The number of hydrogen-bond acceptors (Lipinski definition) is 2. The molecule has 5 heteroatoms. The van der Waals surface area contributed by atoms with Gasteiger partial charge in [0.05, 0.1) is 0 Å². The van der Waals surface area contributed by atoms with Gasteiger partial charge < -0.3 is 5.32 Å². The molecule has 1 aromatic carbocycles. The summed E-state index contributed by atoms with van der Waals surface area (Å²) in [4.78, 5) is 24.6. The summed E-state index contributed by atoms with van der Waals surface area (Å²) in [6.45, 7) is 5.57. The molecule has 0 unspecified atom stereocenters. The standard InChI is InChI=1S/C18H19FN2O2/c1-18(2,3)20-17(23)15(21-11-5-4-6-16(21)22)12-13-7-9-14(19)10-8-13/h4-12H,1-3H3,(H,20,23)/b15-12+. The van der Waals surface area contributed by atoms with Gasteiger partial charge in [0.1, 0.15) is 11.5 Å². The number of carbonyl (C=O) groups excluding carboxylic acids is 1. The molecular weight excluding hydrogens is 295 g/mol. The van der Waals surface area contributed by atoms with Gasteiger partial charge in [0.25, 0.3) is 11.5 Å². The highest BCUT2D eigenvalue weighted by Crippen LogP contribution is 2.13. The van der Waals surface area contributed by atoms with E-state index in [0.717, 1.165) is 0 Å². The third-order valence-electron chi connectivity index (χ3n) is 2.98. The van der Waals surface area contributed by atoms with Crippen LogP contribution in [0.25, 0.3) is 11.8 Å². The molecule has 1 aromatic heterocycles. The van der Waals surface area contributed by atoms with E-state index < -0.39 is 5.54 Å². The van der Waals surface area contributed by atoms with E-state index in [-0.39, 0.29) is 23.0 Å². The molecule has 23 heavy (non-hydrogen) atoms. The maximum atomic E-state index is 13.0. The van der Waals surface area contributed by atoms with Crippen molar-refractivity contribution in [1.29, 1.82) is 0 Å². The molecule has 1 heterocycles. The number of aromatic nitrogens is 1. The second kappa shape index (κ2) is 6.60. The largest absolute Gasteiger partial charge is 0.346 e. The van der Waals surface area contributed by atoms with Crippen molar-refractivity contribution in [1.82, 2.24) is 9.88 Å². The average molecular weight is 314 g/mol. The molecule has 0 aliphatic rings. The van der Waals surface area contributed by atoms with Gasteiger partial charge in [-0.05, 0) is 50.6 Å². The SMILES string of the molecule is CC(C)(C)NC(=O)/C(=C\c1ccc(F)cc1)n1ccccc1=O. The molecule has 120 valence electrons. The quantitative estimate of drug-likeness (QED) is 0.886. The van der Waals surface area contributed by atoms with Gasteiger partial charge >= 0.3 is 0 Å². The highest BCUT2D eigenvalue weighted by Gasteiger charge is 2.19. The van der Waals surface area contributed by atoms with E-state index in [2.05, 4.69) is 5.32 Å². The van der Waals surface area contributed by atoms with Crippen LogP contribution in [0.3, 0.4) is 0 Å². The van der Waals surface area contributed by atoms with E-state index in [0.29, 0.717) is 5.56 Å². The Kier molecular flexibility index (Phi) is 4.79. The van der Waals surface area contributed by atoms with E-state index in [1.165, 1.54) is 29.0 Å². The second-order valence-electron chi connectivity index (χ2n) is 6.19. The van der Waals surface area contributed by atoms with Crippen molar-refractivity contribution in [3.63, 3.8) is 0 Å². The fraction of sp³-hybridized carbons (Fsp3) is 0.222. The zero-order valence-corrected chi connectivity index (χ0v) is 13.3. The predicted molar refractivity (Wildman–Crippen MR) is 89.2 cm³/mol. The molecule has 0 aliphatic carbocycles. The van der Waals surface area contributed by atoms with E-state index in [1.54, 1.807) is 30.3 Å². The number of pyridine rings is 1. The third kappa shape index (κ3) is 4.64. The lowest BCUT2D eigenvalue weighted by Gasteiger charge is -2.22. The van der Waals surface area contributed by atoms with Gasteiger partial charge in [0, 0.05) is 17.8 Å².